The molecule has 0 spiro atoms. The van der Waals surface area contributed by atoms with Crippen molar-refractivity contribution in [3.8, 4) is 0 Å². The Labute approximate surface area is 120 Å². The molecule has 1 unspecified atom stereocenters. The van der Waals surface area contributed by atoms with E-state index in [-0.39, 0.29) is 12.0 Å². The Hall–Kier alpha value is -1.40. The highest BCUT2D eigenvalue weighted by Crippen LogP contribution is 2.23. The van der Waals surface area contributed by atoms with Gasteiger partial charge in [-0.2, -0.15) is 5.10 Å². The van der Waals surface area contributed by atoms with Crippen molar-refractivity contribution in [3.63, 3.8) is 0 Å². The molecule has 2 N–H and O–H groups in total. The molecule has 0 radical (unpaired) electrons. The number of carbonyl (C=O) groups excluding carboxylic acids is 1. The van der Waals surface area contributed by atoms with Crippen LogP contribution in [0.1, 0.15) is 29.4 Å². The lowest BCUT2D eigenvalue weighted by Gasteiger charge is -2.08. The molecule has 19 heavy (non-hydrogen) atoms. The molecule has 5 nitrogen and oxygen atoms in total. The van der Waals surface area contributed by atoms with Crippen LogP contribution in [-0.2, 0) is 11.2 Å². The van der Waals surface area contributed by atoms with Crippen molar-refractivity contribution < 1.29 is 9.53 Å². The molecule has 0 bridgehead atoms. The zero-order valence-electron chi connectivity index (χ0n) is 10.9. The number of rotatable bonds is 4. The van der Waals surface area contributed by atoms with Crippen LogP contribution in [0.3, 0.4) is 0 Å². The average molecular weight is 326 g/mol. The van der Waals surface area contributed by atoms with Gasteiger partial charge in [-0.1, -0.05) is 13.0 Å². The fourth-order valence-corrected chi connectivity index (χ4v) is 2.44. The van der Waals surface area contributed by atoms with Gasteiger partial charge in [0, 0.05) is 17.8 Å². The van der Waals surface area contributed by atoms with Gasteiger partial charge in [0.05, 0.1) is 40.0 Å². The number of benzene rings is 1. The molecule has 1 aromatic carbocycles. The predicted octanol–water partition coefficient (Wildman–Crippen LogP) is 2.26. The molecular weight excluding hydrogens is 310 g/mol. The van der Waals surface area contributed by atoms with Gasteiger partial charge in [0.15, 0.2) is 0 Å². The second-order valence-corrected chi connectivity index (χ2v) is 5.07. The molecule has 0 aliphatic rings. The topological polar surface area (TPSA) is 70.1 Å². The highest BCUT2D eigenvalue weighted by atomic mass is 79.9. The van der Waals surface area contributed by atoms with Gasteiger partial charge < -0.3 is 10.5 Å². The minimum Gasteiger partial charge on any atom is -0.465 e. The molecule has 2 rings (SSSR count). The van der Waals surface area contributed by atoms with Crippen molar-refractivity contribution >= 4 is 33.0 Å². The number of methoxy groups -OCH3 is 1. The first-order valence-corrected chi connectivity index (χ1v) is 6.79. The zero-order chi connectivity index (χ0) is 14.0. The Morgan fingerprint density at radius 3 is 2.95 bits per heavy atom. The van der Waals surface area contributed by atoms with Gasteiger partial charge in [0.1, 0.15) is 0 Å². The summed E-state index contributed by atoms with van der Waals surface area (Å²) in [5.41, 5.74) is 8.24. The summed E-state index contributed by atoms with van der Waals surface area (Å²) >= 11 is 3.38. The molecule has 102 valence electrons. The Kier molecular flexibility index (Phi) is 4.21. The Balaban J connectivity index is 2.45. The maximum absolute atomic E-state index is 11.5. The summed E-state index contributed by atoms with van der Waals surface area (Å²) < 4.78 is 6.35. The molecule has 1 heterocycles. The monoisotopic (exact) mass is 325 g/mol. The maximum Gasteiger partial charge on any atom is 0.337 e. The van der Waals surface area contributed by atoms with E-state index in [4.69, 9.17) is 10.5 Å². The van der Waals surface area contributed by atoms with E-state index in [1.807, 2.05) is 6.07 Å². The number of ether oxygens (including phenoxy) is 1. The molecule has 0 saturated carbocycles. The third-order valence-corrected chi connectivity index (χ3v) is 3.71. The van der Waals surface area contributed by atoms with E-state index in [0.29, 0.717) is 5.56 Å². The van der Waals surface area contributed by atoms with E-state index < -0.39 is 0 Å². The molecule has 1 atom stereocenters. The zero-order valence-corrected chi connectivity index (χ0v) is 12.5. The number of hydrogen-bond acceptors (Lipinski definition) is 4. The van der Waals surface area contributed by atoms with Crippen LogP contribution in [0.4, 0.5) is 0 Å². The van der Waals surface area contributed by atoms with E-state index in [9.17, 15) is 4.79 Å². The number of carbonyl (C=O) groups is 1. The van der Waals surface area contributed by atoms with Gasteiger partial charge in [0.2, 0.25) is 0 Å². The largest absolute Gasteiger partial charge is 0.465 e. The summed E-state index contributed by atoms with van der Waals surface area (Å²) in [5, 5.41) is 5.34. The minimum atomic E-state index is -0.363. The van der Waals surface area contributed by atoms with Crippen LogP contribution in [0, 0.1) is 0 Å². The van der Waals surface area contributed by atoms with Crippen LogP contribution in [0.25, 0.3) is 10.9 Å². The number of halogens is 1. The number of nitrogens with zero attached hydrogens (tertiary/aromatic N) is 2. The normalized spacial score (nSPS) is 12.6. The second-order valence-electron chi connectivity index (χ2n) is 4.40. The van der Waals surface area contributed by atoms with Gasteiger partial charge in [-0.15, -0.1) is 0 Å². The predicted molar refractivity (Wildman–Crippen MR) is 77.4 cm³/mol. The van der Waals surface area contributed by atoms with E-state index in [2.05, 4.69) is 28.2 Å². The fraction of sp³-hybridized carbons (Fsp3) is 0.385. The Morgan fingerprint density at radius 2 is 2.32 bits per heavy atom. The molecule has 2 aromatic rings. The maximum atomic E-state index is 11.5. The van der Waals surface area contributed by atoms with Crippen LogP contribution >= 0.6 is 16.1 Å². The van der Waals surface area contributed by atoms with E-state index in [1.54, 1.807) is 15.8 Å². The van der Waals surface area contributed by atoms with Gasteiger partial charge in [0.25, 0.3) is 0 Å². The first-order valence-electron chi connectivity index (χ1n) is 6.08. The summed E-state index contributed by atoms with van der Waals surface area (Å²) in [6.07, 6.45) is 1.63. The first kappa shape index (κ1) is 14.0. The Bertz CT molecular complexity index is 609. The number of aromatic nitrogens is 2. The SMILES string of the molecule is CCC(N)Cc1c2ccc(C(=O)OC)cc2nn1Br. The van der Waals surface area contributed by atoms with Crippen LogP contribution in [0.2, 0.25) is 0 Å². The fourth-order valence-electron chi connectivity index (χ4n) is 1.94. The summed E-state index contributed by atoms with van der Waals surface area (Å²) in [7, 11) is 1.36. The van der Waals surface area contributed by atoms with Crippen molar-refractivity contribution in [2.24, 2.45) is 5.73 Å². The summed E-state index contributed by atoms with van der Waals surface area (Å²) in [4.78, 5) is 11.5. The molecular formula is C13H16BrN3O2. The summed E-state index contributed by atoms with van der Waals surface area (Å²) in [6.45, 7) is 2.05. The molecule has 0 fully saturated rings. The van der Waals surface area contributed by atoms with E-state index in [0.717, 1.165) is 29.4 Å². The molecule has 6 heteroatoms. The lowest BCUT2D eigenvalue weighted by molar-refractivity contribution is 0.0601. The van der Waals surface area contributed by atoms with Crippen molar-refractivity contribution in [1.82, 2.24) is 8.81 Å². The average Bonchev–Trinajstić information content (AvgIpc) is 2.73. The third kappa shape index (κ3) is 2.79. The highest BCUT2D eigenvalue weighted by Gasteiger charge is 2.15. The van der Waals surface area contributed by atoms with E-state index in [1.165, 1.54) is 7.11 Å². The van der Waals surface area contributed by atoms with Gasteiger partial charge in [-0.05, 0) is 18.6 Å². The number of hydrogen-bond donors (Lipinski definition) is 1. The van der Waals surface area contributed by atoms with Crippen molar-refractivity contribution in [2.75, 3.05) is 7.11 Å². The van der Waals surface area contributed by atoms with Crippen molar-refractivity contribution in [2.45, 2.75) is 25.8 Å². The number of nitrogens with two attached hydrogens (primary N) is 1. The van der Waals surface area contributed by atoms with Gasteiger partial charge >= 0.3 is 5.97 Å². The van der Waals surface area contributed by atoms with Crippen molar-refractivity contribution in [3.05, 3.63) is 29.5 Å². The van der Waals surface area contributed by atoms with Gasteiger partial charge in [-0.25, -0.2) is 8.50 Å². The number of esters is 1. The van der Waals surface area contributed by atoms with Crippen LogP contribution in [0.5, 0.6) is 0 Å². The Morgan fingerprint density at radius 1 is 1.58 bits per heavy atom. The van der Waals surface area contributed by atoms with Crippen LogP contribution in [-0.4, -0.2) is 27.9 Å². The third-order valence-electron chi connectivity index (χ3n) is 3.13. The molecule has 0 amide bonds. The van der Waals surface area contributed by atoms with Crippen molar-refractivity contribution in [1.29, 1.82) is 0 Å². The summed E-state index contributed by atoms with van der Waals surface area (Å²) in [6, 6.07) is 5.44. The minimum absolute atomic E-state index is 0.0940. The number of fused-ring (bicyclic) bond motifs is 1. The lowest BCUT2D eigenvalue weighted by atomic mass is 10.1. The lowest BCUT2D eigenvalue weighted by Crippen LogP contribution is -2.22. The smallest absolute Gasteiger partial charge is 0.337 e. The van der Waals surface area contributed by atoms with Crippen LogP contribution < -0.4 is 5.73 Å². The van der Waals surface area contributed by atoms with E-state index >= 15 is 0 Å². The standard InChI is InChI=1S/C13H16BrN3O2/c1-3-9(15)7-12-10-5-4-8(13(18)19-2)6-11(10)16-17(12)14/h4-6,9H,3,7,15H2,1-2H3. The second kappa shape index (κ2) is 5.71. The molecule has 0 aliphatic carbocycles. The van der Waals surface area contributed by atoms with Gasteiger partial charge in [-0.3, -0.25) is 0 Å². The summed E-state index contributed by atoms with van der Waals surface area (Å²) in [5.74, 6) is -0.363. The first-order chi connectivity index (χ1) is 9.06. The molecule has 0 saturated heterocycles. The molecule has 1 aromatic heterocycles. The molecule has 0 aliphatic heterocycles. The highest BCUT2D eigenvalue weighted by molar-refractivity contribution is 9.08. The quantitative estimate of drug-likeness (QED) is 0.875. The van der Waals surface area contributed by atoms with Crippen LogP contribution in [0.15, 0.2) is 18.2 Å².